The molecule has 0 amide bonds. The van der Waals surface area contributed by atoms with Crippen molar-refractivity contribution in [2.75, 3.05) is 45.4 Å². The van der Waals surface area contributed by atoms with E-state index < -0.39 is 20.5 Å². The number of aromatic nitrogens is 3. The summed E-state index contributed by atoms with van der Waals surface area (Å²) in [6.45, 7) is 8.16. The fourth-order valence-electron chi connectivity index (χ4n) is 5.91. The van der Waals surface area contributed by atoms with E-state index in [1.165, 1.54) is 18.2 Å². The number of methoxy groups -OCH3 is 1. The molecule has 0 unspecified atom stereocenters. The molecule has 10 nitrogen and oxygen atoms in total. The standard InChI is InChI=1S/C32H39FN6O4S/c1-19-14-35-32(36-25-11-8-12-28(29(25)33)44(6,41)42)37-30(19)24-15-34-31-22(9-7-10-23(24)31)13-27(40)26(18-43-5)39-16-20(2)38(4)21(3)17-39/h7-12,14-15,20-21,26,34H,13,16-18H2,1-6H3,(H,35,36,37)/t20-,21-,26+/m0/s1. The number of nitrogens with zero attached hydrogens (tertiary/aromatic N) is 4. The fraction of sp³-hybridized carbons (Fsp3) is 0.406. The van der Waals surface area contributed by atoms with Crippen molar-refractivity contribution in [3.63, 3.8) is 0 Å². The van der Waals surface area contributed by atoms with E-state index in [1.54, 1.807) is 13.3 Å². The van der Waals surface area contributed by atoms with Gasteiger partial charge in [0.05, 0.1) is 24.0 Å². The number of aromatic amines is 1. The number of fused-ring (bicyclic) bond motifs is 1. The molecule has 1 aliphatic rings. The Bertz CT molecular complexity index is 1780. The van der Waals surface area contributed by atoms with Gasteiger partial charge in [-0.3, -0.25) is 14.6 Å². The molecule has 2 N–H and O–H groups in total. The number of piperazine rings is 1. The molecule has 0 saturated carbocycles. The van der Waals surface area contributed by atoms with Crippen molar-refractivity contribution in [3.8, 4) is 11.3 Å². The van der Waals surface area contributed by atoms with Crippen LogP contribution in [0.1, 0.15) is 25.0 Å². The van der Waals surface area contributed by atoms with Crippen LogP contribution < -0.4 is 5.32 Å². The Morgan fingerprint density at radius 1 is 1.18 bits per heavy atom. The van der Waals surface area contributed by atoms with Crippen molar-refractivity contribution < 1.29 is 22.3 Å². The predicted octanol–water partition coefficient (Wildman–Crippen LogP) is 4.37. The molecule has 4 aromatic rings. The zero-order valence-electron chi connectivity index (χ0n) is 25.9. The van der Waals surface area contributed by atoms with Crippen LogP contribution in [0.5, 0.6) is 0 Å². The third-order valence-corrected chi connectivity index (χ3v) is 9.64. The van der Waals surface area contributed by atoms with E-state index in [0.29, 0.717) is 24.4 Å². The van der Waals surface area contributed by atoms with Crippen molar-refractivity contribution in [1.29, 1.82) is 0 Å². The van der Waals surface area contributed by atoms with Gasteiger partial charge in [0.25, 0.3) is 0 Å². The van der Waals surface area contributed by atoms with Gasteiger partial charge in [-0.2, -0.15) is 0 Å². The van der Waals surface area contributed by atoms with Crippen LogP contribution in [0.15, 0.2) is 53.7 Å². The number of ether oxygens (including phenoxy) is 1. The molecular formula is C32H39FN6O4S. The maximum atomic E-state index is 15.0. The molecule has 0 radical (unpaired) electrons. The number of rotatable bonds is 10. The number of carbonyl (C=O) groups excluding carboxylic acids is 1. The summed E-state index contributed by atoms with van der Waals surface area (Å²) in [5, 5.41) is 3.72. The summed E-state index contributed by atoms with van der Waals surface area (Å²) in [7, 11) is -0.00224. The zero-order chi connectivity index (χ0) is 31.8. The van der Waals surface area contributed by atoms with Crippen molar-refractivity contribution in [2.24, 2.45) is 0 Å². The smallest absolute Gasteiger partial charge is 0.227 e. The summed E-state index contributed by atoms with van der Waals surface area (Å²) >= 11 is 0. The Labute approximate surface area is 257 Å². The summed E-state index contributed by atoms with van der Waals surface area (Å²) in [6, 6.07) is 10.3. The minimum atomic E-state index is -3.75. The molecule has 2 aromatic heterocycles. The first-order valence-electron chi connectivity index (χ1n) is 14.5. The van der Waals surface area contributed by atoms with E-state index in [1.807, 2.05) is 31.3 Å². The van der Waals surface area contributed by atoms with Gasteiger partial charge in [0, 0.05) is 73.8 Å². The molecule has 12 heteroatoms. The molecule has 3 atom stereocenters. The molecule has 1 aliphatic heterocycles. The van der Waals surface area contributed by atoms with E-state index in [0.717, 1.165) is 46.9 Å². The lowest BCUT2D eigenvalue weighted by Gasteiger charge is -2.45. The topological polar surface area (TPSA) is 121 Å². The third kappa shape index (κ3) is 6.39. The number of carbonyl (C=O) groups is 1. The average Bonchev–Trinajstić information content (AvgIpc) is 3.40. The minimum absolute atomic E-state index is 0.0443. The summed E-state index contributed by atoms with van der Waals surface area (Å²) in [4.78, 5) is 30.2. The first-order valence-corrected chi connectivity index (χ1v) is 16.4. The molecule has 44 heavy (non-hydrogen) atoms. The summed E-state index contributed by atoms with van der Waals surface area (Å²) < 4.78 is 44.5. The number of sulfone groups is 1. The number of benzene rings is 2. The molecule has 234 valence electrons. The van der Waals surface area contributed by atoms with Crippen LogP contribution in [0.25, 0.3) is 22.2 Å². The van der Waals surface area contributed by atoms with Gasteiger partial charge in [-0.1, -0.05) is 24.3 Å². The number of para-hydroxylation sites is 1. The number of hydrogen-bond donors (Lipinski definition) is 2. The Balaban J connectivity index is 1.43. The largest absolute Gasteiger partial charge is 0.383 e. The lowest BCUT2D eigenvalue weighted by Crippen LogP contribution is -2.60. The van der Waals surface area contributed by atoms with Gasteiger partial charge in [-0.05, 0) is 51.1 Å². The highest BCUT2D eigenvalue weighted by Gasteiger charge is 2.34. The maximum Gasteiger partial charge on any atom is 0.227 e. The average molecular weight is 623 g/mol. The number of ketones is 1. The Kier molecular flexibility index (Phi) is 9.17. The molecule has 2 aromatic carbocycles. The zero-order valence-corrected chi connectivity index (χ0v) is 26.7. The molecule has 0 aliphatic carbocycles. The molecule has 3 heterocycles. The van der Waals surface area contributed by atoms with Crippen LogP contribution >= 0.6 is 0 Å². The van der Waals surface area contributed by atoms with Gasteiger partial charge in [0.15, 0.2) is 21.4 Å². The number of anilines is 2. The van der Waals surface area contributed by atoms with Crippen LogP contribution in [-0.4, -0.2) is 97.2 Å². The molecular weight excluding hydrogens is 583 g/mol. The first kappa shape index (κ1) is 31.7. The van der Waals surface area contributed by atoms with Crippen molar-refractivity contribution in [2.45, 2.75) is 50.2 Å². The second-order valence-electron chi connectivity index (χ2n) is 11.7. The monoisotopic (exact) mass is 622 g/mol. The lowest BCUT2D eigenvalue weighted by atomic mass is 9.97. The number of halogens is 1. The molecule has 0 spiro atoms. The van der Waals surface area contributed by atoms with Gasteiger partial charge >= 0.3 is 0 Å². The number of aryl methyl sites for hydroxylation is 1. The molecule has 1 saturated heterocycles. The second kappa shape index (κ2) is 12.7. The van der Waals surface area contributed by atoms with Crippen molar-refractivity contribution in [3.05, 3.63) is 65.7 Å². The lowest BCUT2D eigenvalue weighted by molar-refractivity contribution is -0.127. The highest BCUT2D eigenvalue weighted by molar-refractivity contribution is 7.90. The van der Waals surface area contributed by atoms with Crippen LogP contribution in [-0.2, 0) is 25.8 Å². The SMILES string of the molecule is COC[C@H](C(=O)Cc1cccc2c(-c3nc(Nc4cccc(S(C)(=O)=O)c4F)ncc3C)c[nH]c12)N1C[C@H](C)N(C)[C@@H](C)C1. The summed E-state index contributed by atoms with van der Waals surface area (Å²) in [5.41, 5.74) is 3.89. The van der Waals surface area contributed by atoms with Gasteiger partial charge in [0.2, 0.25) is 5.95 Å². The van der Waals surface area contributed by atoms with Crippen LogP contribution in [0, 0.1) is 12.7 Å². The number of hydrogen-bond acceptors (Lipinski definition) is 9. The van der Waals surface area contributed by atoms with Crippen LogP contribution in [0.3, 0.4) is 0 Å². The number of likely N-dealkylation sites (N-methyl/N-ethyl adjacent to an activating group) is 1. The number of H-pyrrole nitrogens is 1. The minimum Gasteiger partial charge on any atom is -0.383 e. The van der Waals surface area contributed by atoms with Gasteiger partial charge in [-0.25, -0.2) is 22.8 Å². The summed E-state index contributed by atoms with van der Waals surface area (Å²) in [5.74, 6) is -0.675. The number of nitrogens with one attached hydrogen (secondary N) is 2. The van der Waals surface area contributed by atoms with Gasteiger partial charge in [-0.15, -0.1) is 0 Å². The third-order valence-electron chi connectivity index (χ3n) is 8.53. The van der Waals surface area contributed by atoms with E-state index in [4.69, 9.17) is 4.74 Å². The quantitative estimate of drug-likeness (QED) is 0.266. The van der Waals surface area contributed by atoms with Crippen LogP contribution in [0.2, 0.25) is 0 Å². The fourth-order valence-corrected chi connectivity index (χ4v) is 6.68. The van der Waals surface area contributed by atoms with E-state index in [2.05, 4.69) is 51.0 Å². The van der Waals surface area contributed by atoms with E-state index in [-0.39, 0.29) is 29.9 Å². The Morgan fingerprint density at radius 2 is 1.89 bits per heavy atom. The van der Waals surface area contributed by atoms with Crippen LogP contribution in [0.4, 0.5) is 16.0 Å². The Hall–Kier alpha value is -3.71. The maximum absolute atomic E-state index is 15.0. The van der Waals surface area contributed by atoms with Gasteiger partial charge < -0.3 is 15.0 Å². The second-order valence-corrected chi connectivity index (χ2v) is 13.7. The summed E-state index contributed by atoms with van der Waals surface area (Å²) in [6.07, 6.45) is 4.67. The normalized spacial score (nSPS) is 18.9. The van der Waals surface area contributed by atoms with Gasteiger partial charge in [0.1, 0.15) is 4.90 Å². The van der Waals surface area contributed by atoms with Crippen molar-refractivity contribution >= 4 is 38.2 Å². The number of Topliss-reactive ketones (excluding diaryl/α,β-unsaturated/α-hetero) is 1. The highest BCUT2D eigenvalue weighted by atomic mass is 32.2. The molecule has 0 bridgehead atoms. The first-order chi connectivity index (χ1) is 20.9. The van der Waals surface area contributed by atoms with Crippen molar-refractivity contribution in [1.82, 2.24) is 24.8 Å². The van der Waals surface area contributed by atoms with E-state index >= 15 is 4.39 Å². The molecule has 1 fully saturated rings. The van der Waals surface area contributed by atoms with E-state index in [9.17, 15) is 13.2 Å². The molecule has 5 rings (SSSR count). The Morgan fingerprint density at radius 3 is 2.57 bits per heavy atom. The highest BCUT2D eigenvalue weighted by Crippen LogP contribution is 2.33. The predicted molar refractivity (Wildman–Crippen MR) is 169 cm³/mol.